The number of nitrogens with two attached hydrogens (primary N) is 1. The highest BCUT2D eigenvalue weighted by molar-refractivity contribution is 5.96. The van der Waals surface area contributed by atoms with E-state index in [9.17, 15) is 33.9 Å². The van der Waals surface area contributed by atoms with E-state index in [1.54, 1.807) is 57.2 Å². The molecular weight excluding hydrogens is 694 g/mol. The van der Waals surface area contributed by atoms with Gasteiger partial charge in [-0.2, -0.15) is 0 Å². The maximum absolute atomic E-state index is 13.8. The van der Waals surface area contributed by atoms with Crippen molar-refractivity contribution < 1.29 is 43.3 Å². The molecule has 4 amide bonds. The van der Waals surface area contributed by atoms with E-state index in [0.29, 0.717) is 30.2 Å². The number of benzene rings is 2. The topological polar surface area (TPSA) is 215 Å². The molecule has 292 valence electrons. The summed E-state index contributed by atoms with van der Waals surface area (Å²) in [4.78, 5) is 79.5. The molecular formula is C40H53N5O9. The van der Waals surface area contributed by atoms with Gasteiger partial charge in [0.1, 0.15) is 29.5 Å². The zero-order chi connectivity index (χ0) is 39.4. The standard InChI is InChI=1S/C40H53N5O9/c1-23(43-34(49)30(45-37(52)54-38(3,4)5)16-26-11-13-29(46)14-12-26)33(48)42-22-32(47)44-31(17-25-9-7-6-8-10-25)35(50)53-36(51)39-18-27-15-28(19-39)21-40(41,20-27)24(39)2/h6-14,23-24,27-28,30-31,46H,15-22,41H2,1-5H3,(H,42,48)(H,43,49)(H,44,47)(H,45,52)/t23-,24?,27?,28?,30+,31+,39?,40?/m1/s1. The molecule has 0 aromatic heterocycles. The Morgan fingerprint density at radius 2 is 1.43 bits per heavy atom. The van der Waals surface area contributed by atoms with Gasteiger partial charge in [-0.1, -0.05) is 49.4 Å². The number of ether oxygens (including phenoxy) is 2. The van der Waals surface area contributed by atoms with Crippen LogP contribution >= 0.6 is 0 Å². The first kappa shape index (κ1) is 40.2. The molecule has 14 nitrogen and oxygen atoms in total. The number of amides is 4. The lowest BCUT2D eigenvalue weighted by atomic mass is 9.43. The van der Waals surface area contributed by atoms with Crippen LogP contribution in [0.5, 0.6) is 5.75 Å². The summed E-state index contributed by atoms with van der Waals surface area (Å²) in [5.41, 5.74) is 6.00. The molecule has 7 N–H and O–H groups in total. The Hall–Kier alpha value is -4.98. The highest BCUT2D eigenvalue weighted by atomic mass is 16.6. The second-order valence-corrected chi connectivity index (χ2v) is 16.4. The second-order valence-electron chi connectivity index (χ2n) is 16.4. The lowest BCUT2D eigenvalue weighted by Gasteiger charge is -2.63. The number of aromatic hydroxyl groups is 1. The van der Waals surface area contributed by atoms with Gasteiger partial charge in [-0.15, -0.1) is 0 Å². The molecule has 14 heteroatoms. The van der Waals surface area contributed by atoms with Crippen molar-refractivity contribution in [2.75, 3.05) is 6.54 Å². The quantitative estimate of drug-likeness (QED) is 0.130. The summed E-state index contributed by atoms with van der Waals surface area (Å²) in [5, 5.41) is 19.8. The van der Waals surface area contributed by atoms with E-state index in [1.165, 1.54) is 19.1 Å². The predicted octanol–water partition coefficient (Wildman–Crippen LogP) is 2.79. The third kappa shape index (κ3) is 9.76. The molecule has 4 bridgehead atoms. The minimum Gasteiger partial charge on any atom is -0.508 e. The fourth-order valence-electron chi connectivity index (χ4n) is 8.60. The Balaban J connectivity index is 1.19. The van der Waals surface area contributed by atoms with E-state index >= 15 is 0 Å². The van der Waals surface area contributed by atoms with Crippen molar-refractivity contribution in [3.63, 3.8) is 0 Å². The number of phenols is 1. The molecule has 4 aliphatic rings. The van der Waals surface area contributed by atoms with Crippen LogP contribution in [0.1, 0.15) is 77.8 Å². The number of esters is 2. The van der Waals surface area contributed by atoms with Gasteiger partial charge >= 0.3 is 18.0 Å². The van der Waals surface area contributed by atoms with Crippen LogP contribution in [-0.4, -0.2) is 76.7 Å². The van der Waals surface area contributed by atoms with Crippen molar-refractivity contribution in [2.24, 2.45) is 28.9 Å². The first-order valence-corrected chi connectivity index (χ1v) is 18.6. The molecule has 3 unspecified atom stereocenters. The van der Waals surface area contributed by atoms with Gasteiger partial charge in [0.2, 0.25) is 17.7 Å². The van der Waals surface area contributed by atoms with Gasteiger partial charge < -0.3 is 41.6 Å². The van der Waals surface area contributed by atoms with Crippen molar-refractivity contribution in [3.05, 3.63) is 65.7 Å². The summed E-state index contributed by atoms with van der Waals surface area (Å²) in [7, 11) is 0. The van der Waals surface area contributed by atoms with Gasteiger partial charge in [0.15, 0.2) is 0 Å². The average molecular weight is 748 g/mol. The van der Waals surface area contributed by atoms with Crippen molar-refractivity contribution in [3.8, 4) is 5.75 Å². The summed E-state index contributed by atoms with van der Waals surface area (Å²) in [6.07, 6.45) is 3.23. The Kier molecular flexibility index (Phi) is 12.0. The summed E-state index contributed by atoms with van der Waals surface area (Å²) < 4.78 is 10.9. The molecule has 0 radical (unpaired) electrons. The van der Waals surface area contributed by atoms with E-state index in [1.807, 2.05) is 13.0 Å². The van der Waals surface area contributed by atoms with Crippen LogP contribution < -0.4 is 27.0 Å². The predicted molar refractivity (Wildman–Crippen MR) is 197 cm³/mol. The largest absolute Gasteiger partial charge is 0.508 e. The Labute approximate surface area is 315 Å². The van der Waals surface area contributed by atoms with Crippen LogP contribution in [0.2, 0.25) is 0 Å². The number of carbonyl (C=O) groups is 6. The molecule has 54 heavy (non-hydrogen) atoms. The molecule has 2 aromatic rings. The summed E-state index contributed by atoms with van der Waals surface area (Å²) in [6, 6.07) is 11.5. The smallest absolute Gasteiger partial charge is 0.408 e. The number of carbonyl (C=O) groups excluding carboxylic acids is 6. The number of rotatable bonds is 13. The van der Waals surface area contributed by atoms with Crippen LogP contribution in [0.3, 0.4) is 0 Å². The van der Waals surface area contributed by atoms with E-state index in [-0.39, 0.29) is 24.5 Å². The van der Waals surface area contributed by atoms with Crippen LogP contribution in [0, 0.1) is 23.2 Å². The van der Waals surface area contributed by atoms with E-state index < -0.39 is 77.0 Å². The van der Waals surface area contributed by atoms with Crippen molar-refractivity contribution in [1.82, 2.24) is 21.3 Å². The Morgan fingerprint density at radius 1 is 0.833 bits per heavy atom. The highest BCUT2D eigenvalue weighted by Crippen LogP contribution is 2.64. The molecule has 2 aromatic carbocycles. The van der Waals surface area contributed by atoms with Crippen LogP contribution in [-0.2, 0) is 46.3 Å². The number of hydrogen-bond donors (Lipinski definition) is 6. The monoisotopic (exact) mass is 747 g/mol. The van der Waals surface area contributed by atoms with Gasteiger partial charge in [0.05, 0.1) is 12.0 Å². The summed E-state index contributed by atoms with van der Waals surface area (Å²) >= 11 is 0. The molecule has 6 rings (SSSR count). The summed E-state index contributed by atoms with van der Waals surface area (Å²) in [6.45, 7) is 7.88. The lowest BCUT2D eigenvalue weighted by molar-refractivity contribution is -0.190. The van der Waals surface area contributed by atoms with Gasteiger partial charge in [-0.05, 0) is 101 Å². The highest BCUT2D eigenvalue weighted by Gasteiger charge is 2.64. The molecule has 0 aliphatic heterocycles. The third-order valence-electron chi connectivity index (χ3n) is 11.1. The maximum Gasteiger partial charge on any atom is 0.408 e. The lowest BCUT2D eigenvalue weighted by Crippen LogP contribution is -2.68. The van der Waals surface area contributed by atoms with Gasteiger partial charge in [-0.25, -0.2) is 9.59 Å². The number of phenolic OH excluding ortho intramolecular Hbond substituents is 1. The molecule has 4 fully saturated rings. The zero-order valence-electron chi connectivity index (χ0n) is 31.6. The van der Waals surface area contributed by atoms with Gasteiger partial charge in [0.25, 0.3) is 0 Å². The minimum atomic E-state index is -1.23. The first-order valence-electron chi connectivity index (χ1n) is 18.6. The molecule has 6 atom stereocenters. The van der Waals surface area contributed by atoms with E-state index in [0.717, 1.165) is 24.8 Å². The number of alkyl carbamates (subject to hydrolysis) is 1. The Morgan fingerprint density at radius 3 is 2.04 bits per heavy atom. The molecule has 4 saturated carbocycles. The van der Waals surface area contributed by atoms with Crippen molar-refractivity contribution in [1.29, 1.82) is 0 Å². The maximum atomic E-state index is 13.8. The zero-order valence-corrected chi connectivity index (χ0v) is 31.6. The van der Waals surface area contributed by atoms with Crippen molar-refractivity contribution >= 4 is 35.8 Å². The third-order valence-corrected chi connectivity index (χ3v) is 11.1. The van der Waals surface area contributed by atoms with E-state index in [2.05, 4.69) is 21.3 Å². The fraction of sp³-hybridized carbons (Fsp3) is 0.550. The summed E-state index contributed by atoms with van der Waals surface area (Å²) in [5.74, 6) is -3.11. The van der Waals surface area contributed by atoms with Crippen LogP contribution in [0.15, 0.2) is 54.6 Å². The van der Waals surface area contributed by atoms with Gasteiger partial charge in [-0.3, -0.25) is 19.2 Å². The molecule has 0 spiro atoms. The van der Waals surface area contributed by atoms with Crippen LogP contribution in [0.4, 0.5) is 4.79 Å². The first-order chi connectivity index (χ1) is 25.4. The van der Waals surface area contributed by atoms with Gasteiger partial charge in [0, 0.05) is 18.4 Å². The van der Waals surface area contributed by atoms with Crippen LogP contribution in [0.25, 0.3) is 0 Å². The second kappa shape index (κ2) is 16.2. The SMILES string of the molecule is CC1C2(N)CC3CC(C2)CC1(C(=O)OC(=O)[C@H](Cc1ccccc1)NC(=O)CNC(=O)[C@@H](C)NC(=O)[C@H](Cc1ccc(O)cc1)NC(=O)OC(C)(C)C)C3. The molecule has 4 aliphatic carbocycles. The number of nitrogens with one attached hydrogen (secondary N) is 4. The van der Waals surface area contributed by atoms with E-state index in [4.69, 9.17) is 15.2 Å². The minimum absolute atomic E-state index is 0.0256. The molecule has 0 heterocycles. The number of hydrogen-bond acceptors (Lipinski definition) is 10. The normalized spacial score (nSPS) is 25.7. The Bertz CT molecular complexity index is 1710. The average Bonchev–Trinajstić information content (AvgIpc) is 3.09. The van der Waals surface area contributed by atoms with Crippen molar-refractivity contribution in [2.45, 2.75) is 109 Å². The fourth-order valence-corrected chi connectivity index (χ4v) is 8.60. The molecule has 0 saturated heterocycles.